The molecule has 5 rings (SSSR count). The van der Waals surface area contributed by atoms with Crippen LogP contribution in [-0.2, 0) is 9.59 Å². The Morgan fingerprint density at radius 1 is 0.969 bits per heavy atom. The van der Waals surface area contributed by atoms with E-state index < -0.39 is 28.6 Å². The summed E-state index contributed by atoms with van der Waals surface area (Å²) in [5.41, 5.74) is -1.26. The molecule has 0 unspecified atom stereocenters. The first-order chi connectivity index (χ1) is 15.5. The van der Waals surface area contributed by atoms with E-state index in [0.717, 1.165) is 0 Å². The summed E-state index contributed by atoms with van der Waals surface area (Å²) in [6.45, 7) is 1.83. The third-order valence-corrected chi connectivity index (χ3v) is 7.01. The number of carbonyl (C=O) groups excluding carboxylic acids is 3. The van der Waals surface area contributed by atoms with E-state index in [1.54, 1.807) is 60.7 Å². The molecule has 0 aromatic heterocycles. The van der Waals surface area contributed by atoms with E-state index in [1.807, 2.05) is 25.1 Å². The Kier molecular flexibility index (Phi) is 4.68. The smallest absolute Gasteiger partial charge is 0.328 e. The van der Waals surface area contributed by atoms with Crippen LogP contribution in [0.25, 0.3) is 0 Å². The summed E-state index contributed by atoms with van der Waals surface area (Å²) >= 11 is 6.01. The molecule has 1 aliphatic heterocycles. The van der Waals surface area contributed by atoms with Gasteiger partial charge >= 0.3 is 5.97 Å². The lowest BCUT2D eigenvalue weighted by atomic mass is 9.82. The number of ketones is 1. The topological polar surface area (TPSA) is 72.5 Å². The third-order valence-electron chi connectivity index (χ3n) is 6.76. The first kappa shape index (κ1) is 20.5. The second kappa shape index (κ2) is 7.31. The number of hydrogen-bond donors (Lipinski definition) is 1. The van der Waals surface area contributed by atoms with Gasteiger partial charge in [0.2, 0.25) is 5.91 Å². The molecule has 0 bridgehead atoms. The average molecular weight is 446 g/mol. The fourth-order valence-electron chi connectivity index (χ4n) is 5.32. The van der Waals surface area contributed by atoms with Crippen molar-refractivity contribution in [3.8, 4) is 5.75 Å². The van der Waals surface area contributed by atoms with Crippen molar-refractivity contribution in [2.75, 3.05) is 5.32 Å². The number of fused-ring (bicyclic) bond motifs is 3. The van der Waals surface area contributed by atoms with Gasteiger partial charge in [-0.05, 0) is 48.9 Å². The van der Waals surface area contributed by atoms with E-state index in [9.17, 15) is 14.4 Å². The highest BCUT2D eigenvalue weighted by Gasteiger charge is 2.89. The summed E-state index contributed by atoms with van der Waals surface area (Å²) < 4.78 is 5.64. The maximum Gasteiger partial charge on any atom is 0.328 e. The number of Topliss-reactive ketones (excluding diaryl/α,β-unsaturated/α-hetero) is 1. The Balaban J connectivity index is 1.67. The zero-order valence-corrected chi connectivity index (χ0v) is 18.1. The quantitative estimate of drug-likeness (QED) is 0.251. The largest absolute Gasteiger partial charge is 0.425 e. The molecule has 3 aromatic carbocycles. The molecular formula is C26H20ClNO4. The molecule has 6 heteroatoms. The Morgan fingerprint density at radius 2 is 1.62 bits per heavy atom. The van der Waals surface area contributed by atoms with Crippen molar-refractivity contribution in [2.24, 2.45) is 10.8 Å². The molecule has 1 fully saturated rings. The molecule has 5 nitrogen and oxygen atoms in total. The Bertz CT molecular complexity index is 1240. The number of halogens is 1. The predicted molar refractivity (Wildman–Crippen MR) is 121 cm³/mol. The number of rotatable bonds is 5. The monoisotopic (exact) mass is 445 g/mol. The molecule has 0 saturated heterocycles. The minimum absolute atomic E-state index is 0.265. The number of anilines is 1. The van der Waals surface area contributed by atoms with Crippen molar-refractivity contribution < 1.29 is 19.1 Å². The number of ether oxygens (including phenoxy) is 1. The second-order valence-corrected chi connectivity index (χ2v) is 8.59. The van der Waals surface area contributed by atoms with E-state index >= 15 is 0 Å². The molecule has 1 N–H and O–H groups in total. The zero-order chi connectivity index (χ0) is 22.5. The number of nitrogens with one attached hydrogen (secondary N) is 1. The highest BCUT2D eigenvalue weighted by Crippen LogP contribution is 2.80. The SMILES string of the molecule is CC[C@]1(C(=O)c2ccc(Cl)cc2)[C@@H]2c3ccccc3OC(=O)[C@]21C(=O)Nc1ccccc1. The van der Waals surface area contributed by atoms with Gasteiger partial charge in [-0.1, -0.05) is 54.9 Å². The molecule has 32 heavy (non-hydrogen) atoms. The average Bonchev–Trinajstić information content (AvgIpc) is 3.47. The molecule has 1 saturated carbocycles. The van der Waals surface area contributed by atoms with Gasteiger partial charge in [0.25, 0.3) is 0 Å². The highest BCUT2D eigenvalue weighted by molar-refractivity contribution is 6.30. The van der Waals surface area contributed by atoms with Crippen LogP contribution in [0.3, 0.4) is 0 Å². The van der Waals surface area contributed by atoms with Crippen LogP contribution < -0.4 is 10.1 Å². The first-order valence-electron chi connectivity index (χ1n) is 10.4. The number of carbonyl (C=O) groups is 3. The van der Waals surface area contributed by atoms with E-state index in [-0.39, 0.29) is 5.78 Å². The fourth-order valence-corrected chi connectivity index (χ4v) is 5.44. The molecule has 1 amide bonds. The molecule has 3 aromatic rings. The predicted octanol–water partition coefficient (Wildman–Crippen LogP) is 5.26. The van der Waals surface area contributed by atoms with E-state index in [0.29, 0.717) is 34.0 Å². The lowest BCUT2D eigenvalue weighted by Crippen LogP contribution is -2.42. The van der Waals surface area contributed by atoms with Gasteiger partial charge in [-0.2, -0.15) is 0 Å². The number of amides is 1. The van der Waals surface area contributed by atoms with Crippen LogP contribution in [0.15, 0.2) is 78.9 Å². The molecule has 1 aliphatic carbocycles. The molecule has 160 valence electrons. The minimum Gasteiger partial charge on any atom is -0.425 e. The second-order valence-electron chi connectivity index (χ2n) is 8.15. The molecule has 2 aliphatic rings. The van der Waals surface area contributed by atoms with Crippen LogP contribution in [0, 0.1) is 10.8 Å². The van der Waals surface area contributed by atoms with E-state index in [4.69, 9.17) is 16.3 Å². The maximum absolute atomic E-state index is 13.9. The maximum atomic E-state index is 13.9. The van der Waals surface area contributed by atoms with Crippen LogP contribution >= 0.6 is 11.6 Å². The Morgan fingerprint density at radius 3 is 2.31 bits per heavy atom. The summed E-state index contributed by atoms with van der Waals surface area (Å²) in [6.07, 6.45) is 0.296. The molecule has 3 atom stereocenters. The van der Waals surface area contributed by atoms with Gasteiger partial charge in [-0.25, -0.2) is 0 Å². The molecular weight excluding hydrogens is 426 g/mol. The van der Waals surface area contributed by atoms with Crippen LogP contribution in [0.5, 0.6) is 5.75 Å². The standard InChI is InChI=1S/C26H20ClNO4/c1-2-25(22(29)16-12-14-17(27)15-13-16)21-19-10-6-7-11-20(19)32-24(31)26(21,25)23(30)28-18-8-4-3-5-9-18/h3-15,21H,2H2,1H3,(H,28,30)/t21-,25+,26+/m0/s1. The zero-order valence-electron chi connectivity index (χ0n) is 17.3. The van der Waals surface area contributed by atoms with Gasteiger partial charge in [-0.15, -0.1) is 0 Å². The summed E-state index contributed by atoms with van der Waals surface area (Å²) in [4.78, 5) is 41.1. The lowest BCUT2D eigenvalue weighted by molar-refractivity contribution is -0.147. The van der Waals surface area contributed by atoms with Gasteiger partial charge in [0, 0.05) is 27.8 Å². The van der Waals surface area contributed by atoms with Crippen molar-refractivity contribution in [2.45, 2.75) is 19.3 Å². The van der Waals surface area contributed by atoms with Gasteiger partial charge in [0.1, 0.15) is 5.75 Å². The number of esters is 1. The summed E-state index contributed by atoms with van der Waals surface area (Å²) in [6, 6.07) is 22.5. The van der Waals surface area contributed by atoms with Gasteiger partial charge in [0.15, 0.2) is 11.2 Å². The van der Waals surface area contributed by atoms with Gasteiger partial charge in [0.05, 0.1) is 5.41 Å². The normalized spacial score (nSPS) is 25.2. The highest BCUT2D eigenvalue weighted by atomic mass is 35.5. The van der Waals surface area contributed by atoms with Crippen LogP contribution in [0.1, 0.15) is 35.2 Å². The first-order valence-corrected chi connectivity index (χ1v) is 10.8. The van der Waals surface area contributed by atoms with Crippen LogP contribution in [0.4, 0.5) is 5.69 Å². The fraction of sp³-hybridized carbons (Fsp3) is 0.192. The van der Waals surface area contributed by atoms with Crippen LogP contribution in [-0.4, -0.2) is 17.7 Å². The lowest BCUT2D eigenvalue weighted by Gasteiger charge is -2.23. The minimum atomic E-state index is -1.65. The van der Waals surface area contributed by atoms with Crippen molar-refractivity contribution in [1.29, 1.82) is 0 Å². The van der Waals surface area contributed by atoms with E-state index in [2.05, 4.69) is 5.32 Å². The Labute approximate surface area is 190 Å². The van der Waals surface area contributed by atoms with Crippen molar-refractivity contribution in [3.63, 3.8) is 0 Å². The third kappa shape index (κ3) is 2.61. The molecule has 0 radical (unpaired) electrons. The Hall–Kier alpha value is -3.44. The number of para-hydroxylation sites is 2. The number of benzene rings is 3. The molecule has 1 heterocycles. The van der Waals surface area contributed by atoms with Crippen molar-refractivity contribution in [1.82, 2.24) is 0 Å². The molecule has 0 spiro atoms. The summed E-state index contributed by atoms with van der Waals surface area (Å²) in [5.74, 6) is -1.72. The van der Waals surface area contributed by atoms with Gasteiger partial charge < -0.3 is 10.1 Å². The van der Waals surface area contributed by atoms with Gasteiger partial charge in [-0.3, -0.25) is 14.4 Å². The van der Waals surface area contributed by atoms with E-state index in [1.165, 1.54) is 0 Å². The number of hydrogen-bond acceptors (Lipinski definition) is 4. The van der Waals surface area contributed by atoms with Crippen molar-refractivity contribution in [3.05, 3.63) is 95.0 Å². The van der Waals surface area contributed by atoms with Crippen molar-refractivity contribution >= 4 is 34.9 Å². The summed E-state index contributed by atoms with van der Waals surface area (Å²) in [7, 11) is 0. The summed E-state index contributed by atoms with van der Waals surface area (Å²) in [5, 5.41) is 3.35. The van der Waals surface area contributed by atoms with Crippen LogP contribution in [0.2, 0.25) is 5.02 Å².